The van der Waals surface area contributed by atoms with E-state index in [0.29, 0.717) is 6.54 Å². The summed E-state index contributed by atoms with van der Waals surface area (Å²) in [6.07, 6.45) is 0. The van der Waals surface area contributed by atoms with Gasteiger partial charge in [-0.05, 0) is 36.8 Å². The molecule has 0 fully saturated rings. The van der Waals surface area contributed by atoms with Crippen LogP contribution in [0.25, 0.3) is 10.9 Å². The van der Waals surface area contributed by atoms with Crippen LogP contribution in [-0.2, 0) is 6.54 Å². The van der Waals surface area contributed by atoms with E-state index in [9.17, 15) is 4.39 Å². The predicted octanol–water partition coefficient (Wildman–Crippen LogP) is 4.22. The Morgan fingerprint density at radius 2 is 1.90 bits per heavy atom. The Morgan fingerprint density at radius 3 is 2.76 bits per heavy atom. The molecule has 2 nitrogen and oxygen atoms in total. The summed E-state index contributed by atoms with van der Waals surface area (Å²) in [5.74, 6) is -0.204. The lowest BCUT2D eigenvalue weighted by Crippen LogP contribution is -2.18. The van der Waals surface area contributed by atoms with Crippen molar-refractivity contribution in [2.75, 3.05) is 0 Å². The van der Waals surface area contributed by atoms with E-state index < -0.39 is 0 Å². The van der Waals surface area contributed by atoms with E-state index in [1.54, 1.807) is 12.1 Å². The SMILES string of the molecule is CC(NCc1ccc2ccccc2n1)c1cccc(F)c1. The first-order valence-corrected chi connectivity index (χ1v) is 7.06. The van der Waals surface area contributed by atoms with Gasteiger partial charge in [-0.2, -0.15) is 0 Å². The van der Waals surface area contributed by atoms with Crippen LogP contribution in [0.4, 0.5) is 4.39 Å². The minimum atomic E-state index is -0.204. The molecule has 0 saturated carbocycles. The number of halogens is 1. The lowest BCUT2D eigenvalue weighted by Gasteiger charge is -2.14. The molecule has 0 aliphatic rings. The van der Waals surface area contributed by atoms with Crippen molar-refractivity contribution in [3.63, 3.8) is 0 Å². The van der Waals surface area contributed by atoms with Crippen molar-refractivity contribution in [3.8, 4) is 0 Å². The Morgan fingerprint density at radius 1 is 1.05 bits per heavy atom. The highest BCUT2D eigenvalue weighted by atomic mass is 19.1. The van der Waals surface area contributed by atoms with Crippen LogP contribution < -0.4 is 5.32 Å². The number of rotatable bonds is 4. The molecular weight excluding hydrogens is 263 g/mol. The molecule has 1 atom stereocenters. The van der Waals surface area contributed by atoms with Crippen LogP contribution in [0.1, 0.15) is 24.2 Å². The van der Waals surface area contributed by atoms with Crippen LogP contribution in [0.3, 0.4) is 0 Å². The van der Waals surface area contributed by atoms with Crippen molar-refractivity contribution in [2.45, 2.75) is 19.5 Å². The van der Waals surface area contributed by atoms with Crippen LogP contribution in [-0.4, -0.2) is 4.98 Å². The average Bonchev–Trinajstić information content (AvgIpc) is 2.52. The fraction of sp³-hybridized carbons (Fsp3) is 0.167. The van der Waals surface area contributed by atoms with Gasteiger partial charge >= 0.3 is 0 Å². The van der Waals surface area contributed by atoms with Crippen molar-refractivity contribution < 1.29 is 4.39 Å². The second-order valence-electron chi connectivity index (χ2n) is 5.15. The van der Waals surface area contributed by atoms with Gasteiger partial charge in [0, 0.05) is 18.0 Å². The minimum Gasteiger partial charge on any atom is -0.305 e. The highest BCUT2D eigenvalue weighted by Gasteiger charge is 2.06. The normalized spacial score (nSPS) is 12.5. The third-order valence-corrected chi connectivity index (χ3v) is 3.59. The number of benzene rings is 2. The standard InChI is InChI=1S/C18H17FN2/c1-13(15-6-4-7-16(19)11-15)20-12-17-10-9-14-5-2-3-8-18(14)21-17/h2-11,13,20H,12H2,1H3. The monoisotopic (exact) mass is 280 g/mol. The maximum atomic E-state index is 13.2. The van der Waals surface area contributed by atoms with Gasteiger partial charge < -0.3 is 5.32 Å². The molecular formula is C18H17FN2. The maximum Gasteiger partial charge on any atom is 0.123 e. The van der Waals surface area contributed by atoms with E-state index in [-0.39, 0.29) is 11.9 Å². The molecule has 1 unspecified atom stereocenters. The molecule has 3 heteroatoms. The Kier molecular flexibility index (Phi) is 3.93. The molecule has 0 saturated heterocycles. The summed E-state index contributed by atoms with van der Waals surface area (Å²) < 4.78 is 13.2. The first kappa shape index (κ1) is 13.7. The molecule has 0 spiro atoms. The molecule has 0 aliphatic heterocycles. The molecule has 0 aliphatic carbocycles. The van der Waals surface area contributed by atoms with Crippen LogP contribution in [0.5, 0.6) is 0 Å². The second kappa shape index (κ2) is 6.02. The lowest BCUT2D eigenvalue weighted by atomic mass is 10.1. The number of para-hydroxylation sites is 1. The zero-order chi connectivity index (χ0) is 14.7. The van der Waals surface area contributed by atoms with E-state index in [2.05, 4.69) is 22.4 Å². The van der Waals surface area contributed by atoms with Crippen LogP contribution in [0.15, 0.2) is 60.7 Å². The molecule has 3 aromatic rings. The molecule has 21 heavy (non-hydrogen) atoms. The van der Waals surface area contributed by atoms with Crippen molar-refractivity contribution >= 4 is 10.9 Å². The third kappa shape index (κ3) is 3.26. The summed E-state index contributed by atoms with van der Waals surface area (Å²) in [6.45, 7) is 2.68. The van der Waals surface area contributed by atoms with Gasteiger partial charge in [0.05, 0.1) is 11.2 Å². The summed E-state index contributed by atoms with van der Waals surface area (Å²) >= 11 is 0. The Bertz CT molecular complexity index is 755. The summed E-state index contributed by atoms with van der Waals surface area (Å²) in [6, 6.07) is 18.9. The summed E-state index contributed by atoms with van der Waals surface area (Å²) in [7, 11) is 0. The smallest absolute Gasteiger partial charge is 0.123 e. The van der Waals surface area contributed by atoms with E-state index in [0.717, 1.165) is 22.2 Å². The zero-order valence-electron chi connectivity index (χ0n) is 11.9. The zero-order valence-corrected chi connectivity index (χ0v) is 11.9. The van der Waals surface area contributed by atoms with Gasteiger partial charge in [0.15, 0.2) is 0 Å². The van der Waals surface area contributed by atoms with Crippen LogP contribution in [0.2, 0.25) is 0 Å². The second-order valence-corrected chi connectivity index (χ2v) is 5.15. The van der Waals surface area contributed by atoms with Gasteiger partial charge in [-0.15, -0.1) is 0 Å². The average molecular weight is 280 g/mol. The number of hydrogen-bond acceptors (Lipinski definition) is 2. The predicted molar refractivity (Wildman–Crippen MR) is 83.4 cm³/mol. The fourth-order valence-corrected chi connectivity index (χ4v) is 2.36. The molecule has 106 valence electrons. The van der Waals surface area contributed by atoms with Gasteiger partial charge in [-0.3, -0.25) is 4.98 Å². The first-order chi connectivity index (χ1) is 10.2. The quantitative estimate of drug-likeness (QED) is 0.773. The van der Waals surface area contributed by atoms with Gasteiger partial charge in [0.25, 0.3) is 0 Å². The highest BCUT2D eigenvalue weighted by Crippen LogP contribution is 2.15. The number of pyridine rings is 1. The lowest BCUT2D eigenvalue weighted by molar-refractivity contribution is 0.560. The molecule has 2 aromatic carbocycles. The molecule has 1 heterocycles. The number of hydrogen-bond donors (Lipinski definition) is 1. The van der Waals surface area contributed by atoms with Crippen LogP contribution in [0, 0.1) is 5.82 Å². The molecule has 0 amide bonds. The van der Waals surface area contributed by atoms with Crippen molar-refractivity contribution in [1.29, 1.82) is 0 Å². The minimum absolute atomic E-state index is 0.0778. The number of nitrogens with one attached hydrogen (secondary N) is 1. The van der Waals surface area contributed by atoms with E-state index in [1.165, 1.54) is 6.07 Å². The first-order valence-electron chi connectivity index (χ1n) is 7.06. The summed E-state index contributed by atoms with van der Waals surface area (Å²) in [5.41, 5.74) is 2.92. The van der Waals surface area contributed by atoms with E-state index >= 15 is 0 Å². The Hall–Kier alpha value is -2.26. The number of aromatic nitrogens is 1. The largest absolute Gasteiger partial charge is 0.305 e. The summed E-state index contributed by atoms with van der Waals surface area (Å²) in [5, 5.41) is 4.52. The van der Waals surface area contributed by atoms with Gasteiger partial charge in [-0.25, -0.2) is 4.39 Å². The van der Waals surface area contributed by atoms with Crippen molar-refractivity contribution in [2.24, 2.45) is 0 Å². The molecule has 0 radical (unpaired) electrons. The van der Waals surface area contributed by atoms with E-state index in [4.69, 9.17) is 0 Å². The Labute approximate surface area is 123 Å². The van der Waals surface area contributed by atoms with Gasteiger partial charge in [0.2, 0.25) is 0 Å². The Balaban J connectivity index is 1.71. The maximum absolute atomic E-state index is 13.2. The van der Waals surface area contributed by atoms with Crippen molar-refractivity contribution in [1.82, 2.24) is 10.3 Å². The number of nitrogens with zero attached hydrogens (tertiary/aromatic N) is 1. The van der Waals surface area contributed by atoms with Crippen LogP contribution >= 0.6 is 0 Å². The highest BCUT2D eigenvalue weighted by molar-refractivity contribution is 5.78. The molecule has 0 bridgehead atoms. The number of fused-ring (bicyclic) bond motifs is 1. The fourth-order valence-electron chi connectivity index (χ4n) is 2.36. The third-order valence-electron chi connectivity index (χ3n) is 3.59. The molecule has 1 N–H and O–H groups in total. The van der Waals surface area contributed by atoms with Crippen molar-refractivity contribution in [3.05, 3.63) is 77.7 Å². The summed E-state index contributed by atoms with van der Waals surface area (Å²) in [4.78, 5) is 4.62. The van der Waals surface area contributed by atoms with E-state index in [1.807, 2.05) is 37.3 Å². The van der Waals surface area contributed by atoms with Gasteiger partial charge in [-0.1, -0.05) is 36.4 Å². The topological polar surface area (TPSA) is 24.9 Å². The molecule has 1 aromatic heterocycles. The molecule has 3 rings (SSSR count). The van der Waals surface area contributed by atoms with Gasteiger partial charge in [0.1, 0.15) is 5.82 Å².